The number of carbonyl (C=O) groups is 1. The molecule has 0 saturated heterocycles. The van der Waals surface area contributed by atoms with Gasteiger partial charge in [0.15, 0.2) is 5.78 Å². The summed E-state index contributed by atoms with van der Waals surface area (Å²) in [5, 5.41) is 2.37. The fraction of sp³-hybridized carbons (Fsp3) is 0.421. The summed E-state index contributed by atoms with van der Waals surface area (Å²) in [7, 11) is 0. The molecule has 2 aromatic carbocycles. The Morgan fingerprint density at radius 2 is 1.70 bits per heavy atom. The van der Waals surface area contributed by atoms with Crippen LogP contribution in [0.3, 0.4) is 0 Å². The van der Waals surface area contributed by atoms with Crippen LogP contribution in [0.4, 0.5) is 0 Å². The molecule has 0 aromatic heterocycles. The lowest BCUT2D eigenvalue weighted by molar-refractivity contribution is 0.0838. The first-order valence-corrected chi connectivity index (χ1v) is 7.68. The maximum atomic E-state index is 12.7. The second-order valence-electron chi connectivity index (χ2n) is 6.39. The summed E-state index contributed by atoms with van der Waals surface area (Å²) in [6.45, 7) is 4.59. The van der Waals surface area contributed by atoms with Crippen molar-refractivity contribution in [1.29, 1.82) is 0 Å². The quantitative estimate of drug-likeness (QED) is 0.691. The van der Waals surface area contributed by atoms with E-state index in [9.17, 15) is 4.79 Å². The number of hydrogen-bond acceptors (Lipinski definition) is 1. The van der Waals surface area contributed by atoms with Crippen LogP contribution in [0.15, 0.2) is 42.5 Å². The van der Waals surface area contributed by atoms with E-state index in [-0.39, 0.29) is 5.92 Å². The summed E-state index contributed by atoms with van der Waals surface area (Å²) in [6, 6.07) is 14.4. The molecule has 0 amide bonds. The third-order valence-electron chi connectivity index (χ3n) is 5.00. The van der Waals surface area contributed by atoms with Crippen LogP contribution in [-0.2, 0) is 0 Å². The van der Waals surface area contributed by atoms with Gasteiger partial charge in [0.25, 0.3) is 0 Å². The lowest BCUT2D eigenvalue weighted by atomic mass is 9.73. The van der Waals surface area contributed by atoms with E-state index < -0.39 is 0 Å². The fourth-order valence-corrected chi connectivity index (χ4v) is 3.36. The first-order chi connectivity index (χ1) is 9.65. The molecule has 1 nitrogen and oxygen atoms in total. The second kappa shape index (κ2) is 5.40. The van der Waals surface area contributed by atoms with Gasteiger partial charge < -0.3 is 0 Å². The molecule has 0 spiro atoms. The van der Waals surface area contributed by atoms with Gasteiger partial charge in [0.05, 0.1) is 0 Å². The standard InChI is InChI=1S/C19H22O/c1-13-7-8-17(11-14(13)2)19(20)18-10-9-15-5-3-4-6-16(15)12-18/h3-6,9-10,12-14,17H,7-8,11H2,1-2H3. The highest BCUT2D eigenvalue weighted by Gasteiger charge is 2.29. The molecule has 1 aliphatic rings. The van der Waals surface area contributed by atoms with Gasteiger partial charge in [-0.3, -0.25) is 4.79 Å². The zero-order chi connectivity index (χ0) is 14.1. The van der Waals surface area contributed by atoms with E-state index in [1.807, 2.05) is 18.2 Å². The van der Waals surface area contributed by atoms with Gasteiger partial charge in [-0.1, -0.05) is 50.2 Å². The number of carbonyl (C=O) groups excluding carboxylic acids is 1. The largest absolute Gasteiger partial charge is 0.294 e. The molecule has 20 heavy (non-hydrogen) atoms. The molecular weight excluding hydrogens is 244 g/mol. The van der Waals surface area contributed by atoms with Gasteiger partial charge in [-0.15, -0.1) is 0 Å². The molecule has 0 N–H and O–H groups in total. The molecule has 2 aromatic rings. The van der Waals surface area contributed by atoms with Crippen molar-refractivity contribution in [2.24, 2.45) is 17.8 Å². The van der Waals surface area contributed by atoms with E-state index in [1.54, 1.807) is 0 Å². The summed E-state index contributed by atoms with van der Waals surface area (Å²) in [4.78, 5) is 12.7. The van der Waals surface area contributed by atoms with Crippen LogP contribution in [0, 0.1) is 17.8 Å². The Balaban J connectivity index is 1.85. The first kappa shape index (κ1) is 13.4. The van der Waals surface area contributed by atoms with Crippen LogP contribution in [0.1, 0.15) is 43.5 Å². The topological polar surface area (TPSA) is 17.1 Å². The minimum Gasteiger partial charge on any atom is -0.294 e. The fourth-order valence-electron chi connectivity index (χ4n) is 3.36. The van der Waals surface area contributed by atoms with Crippen molar-refractivity contribution in [2.75, 3.05) is 0 Å². The van der Waals surface area contributed by atoms with E-state index in [0.717, 1.165) is 29.7 Å². The molecule has 1 saturated carbocycles. The van der Waals surface area contributed by atoms with Crippen molar-refractivity contribution in [2.45, 2.75) is 33.1 Å². The van der Waals surface area contributed by atoms with Crippen LogP contribution in [-0.4, -0.2) is 5.78 Å². The smallest absolute Gasteiger partial charge is 0.165 e. The molecule has 3 atom stereocenters. The highest BCUT2D eigenvalue weighted by atomic mass is 16.1. The van der Waals surface area contributed by atoms with Crippen LogP contribution in [0.25, 0.3) is 10.8 Å². The van der Waals surface area contributed by atoms with Gasteiger partial charge >= 0.3 is 0 Å². The van der Waals surface area contributed by atoms with Crippen molar-refractivity contribution in [3.8, 4) is 0 Å². The Morgan fingerprint density at radius 3 is 2.45 bits per heavy atom. The van der Waals surface area contributed by atoms with E-state index in [2.05, 4.69) is 38.1 Å². The zero-order valence-electron chi connectivity index (χ0n) is 12.3. The lowest BCUT2D eigenvalue weighted by Gasteiger charge is -2.31. The average Bonchev–Trinajstić information content (AvgIpc) is 2.49. The Morgan fingerprint density at radius 1 is 0.950 bits per heavy atom. The molecule has 3 rings (SSSR count). The SMILES string of the molecule is CC1CCC(C(=O)c2ccc3ccccc3c2)CC1C. The predicted octanol–water partition coefficient (Wildman–Crippen LogP) is 5.09. The Hall–Kier alpha value is -1.63. The lowest BCUT2D eigenvalue weighted by Crippen LogP contribution is -2.26. The average molecular weight is 266 g/mol. The van der Waals surface area contributed by atoms with Crippen molar-refractivity contribution in [1.82, 2.24) is 0 Å². The third kappa shape index (κ3) is 2.49. The molecule has 104 valence electrons. The van der Waals surface area contributed by atoms with Crippen molar-refractivity contribution < 1.29 is 4.79 Å². The predicted molar refractivity (Wildman–Crippen MR) is 83.9 cm³/mol. The number of benzene rings is 2. The van der Waals surface area contributed by atoms with E-state index in [0.29, 0.717) is 11.7 Å². The number of ketones is 1. The van der Waals surface area contributed by atoms with Crippen molar-refractivity contribution in [3.05, 3.63) is 48.0 Å². The molecular formula is C19H22O. The van der Waals surface area contributed by atoms with Crippen LogP contribution in [0.5, 0.6) is 0 Å². The third-order valence-corrected chi connectivity index (χ3v) is 5.00. The first-order valence-electron chi connectivity index (χ1n) is 7.68. The highest BCUT2D eigenvalue weighted by Crippen LogP contribution is 2.35. The number of fused-ring (bicyclic) bond motifs is 1. The molecule has 3 unspecified atom stereocenters. The maximum Gasteiger partial charge on any atom is 0.165 e. The van der Waals surface area contributed by atoms with E-state index >= 15 is 0 Å². The summed E-state index contributed by atoms with van der Waals surface area (Å²) in [5.41, 5.74) is 0.885. The van der Waals surface area contributed by atoms with Gasteiger partial charge in [-0.25, -0.2) is 0 Å². The monoisotopic (exact) mass is 266 g/mol. The van der Waals surface area contributed by atoms with Crippen LogP contribution in [0.2, 0.25) is 0 Å². The minimum atomic E-state index is 0.224. The molecule has 0 radical (unpaired) electrons. The summed E-state index contributed by atoms with van der Waals surface area (Å²) < 4.78 is 0. The van der Waals surface area contributed by atoms with E-state index in [4.69, 9.17) is 0 Å². The Kier molecular flexibility index (Phi) is 3.60. The maximum absolute atomic E-state index is 12.7. The van der Waals surface area contributed by atoms with Crippen LogP contribution >= 0.6 is 0 Å². The normalized spacial score (nSPS) is 26.6. The van der Waals surface area contributed by atoms with Gasteiger partial charge in [0.2, 0.25) is 0 Å². The molecule has 1 fully saturated rings. The molecule has 0 heterocycles. The number of rotatable bonds is 2. The van der Waals surface area contributed by atoms with Crippen molar-refractivity contribution in [3.63, 3.8) is 0 Å². The van der Waals surface area contributed by atoms with Gasteiger partial charge in [-0.2, -0.15) is 0 Å². The van der Waals surface area contributed by atoms with Crippen LogP contribution < -0.4 is 0 Å². The van der Waals surface area contributed by atoms with Gasteiger partial charge in [0, 0.05) is 11.5 Å². The minimum absolute atomic E-state index is 0.224. The molecule has 1 heteroatoms. The number of hydrogen-bond donors (Lipinski definition) is 0. The summed E-state index contributed by atoms with van der Waals surface area (Å²) in [5.74, 6) is 1.99. The molecule has 0 bridgehead atoms. The number of Topliss-reactive ketones (excluding diaryl/α,β-unsaturated/α-hetero) is 1. The van der Waals surface area contributed by atoms with Gasteiger partial charge in [0.1, 0.15) is 0 Å². The van der Waals surface area contributed by atoms with Gasteiger partial charge in [-0.05, 0) is 47.9 Å². The van der Waals surface area contributed by atoms with E-state index in [1.165, 1.54) is 11.8 Å². The molecule has 0 aliphatic heterocycles. The highest BCUT2D eigenvalue weighted by molar-refractivity contribution is 6.01. The van der Waals surface area contributed by atoms with Crippen molar-refractivity contribution >= 4 is 16.6 Å². The Labute approximate surface area is 121 Å². The summed E-state index contributed by atoms with van der Waals surface area (Å²) in [6.07, 6.45) is 3.29. The summed E-state index contributed by atoms with van der Waals surface area (Å²) >= 11 is 0. The zero-order valence-corrected chi connectivity index (χ0v) is 12.3. The second-order valence-corrected chi connectivity index (χ2v) is 6.39. The Bertz CT molecular complexity index is 628. The molecule has 1 aliphatic carbocycles.